The molecule has 21 heavy (non-hydrogen) atoms. The maximum absolute atomic E-state index is 6.41. The van der Waals surface area contributed by atoms with Crippen LogP contribution >= 0.6 is 27.5 Å². The number of hydrogen-bond acceptors (Lipinski definition) is 2. The highest BCUT2D eigenvalue weighted by atomic mass is 79.9. The molecule has 0 spiro atoms. The first-order valence-corrected chi connectivity index (χ1v) is 7.82. The van der Waals surface area contributed by atoms with E-state index in [9.17, 15) is 0 Å². The van der Waals surface area contributed by atoms with Gasteiger partial charge in [0.2, 0.25) is 0 Å². The summed E-state index contributed by atoms with van der Waals surface area (Å²) in [7, 11) is 1.94. The van der Waals surface area contributed by atoms with Crippen molar-refractivity contribution in [1.82, 2.24) is 10.3 Å². The molecular formula is C17H14BrClN2. The van der Waals surface area contributed by atoms with E-state index in [1.165, 1.54) is 5.39 Å². The van der Waals surface area contributed by atoms with Crippen LogP contribution in [0.5, 0.6) is 0 Å². The zero-order valence-corrected chi connectivity index (χ0v) is 13.8. The van der Waals surface area contributed by atoms with E-state index < -0.39 is 0 Å². The second kappa shape index (κ2) is 6.14. The lowest BCUT2D eigenvalue weighted by atomic mass is 9.96. The van der Waals surface area contributed by atoms with Crippen LogP contribution in [0.25, 0.3) is 10.8 Å². The maximum Gasteiger partial charge on any atom is 0.0610 e. The van der Waals surface area contributed by atoms with E-state index in [2.05, 4.69) is 38.4 Å². The molecule has 3 aromatic rings. The monoisotopic (exact) mass is 360 g/mol. The van der Waals surface area contributed by atoms with E-state index in [-0.39, 0.29) is 6.04 Å². The van der Waals surface area contributed by atoms with Gasteiger partial charge in [0.15, 0.2) is 0 Å². The van der Waals surface area contributed by atoms with Gasteiger partial charge in [-0.15, -0.1) is 0 Å². The van der Waals surface area contributed by atoms with Crippen molar-refractivity contribution in [2.24, 2.45) is 0 Å². The molecule has 0 fully saturated rings. The van der Waals surface area contributed by atoms with Crippen LogP contribution < -0.4 is 5.32 Å². The molecule has 1 N–H and O–H groups in total. The summed E-state index contributed by atoms with van der Waals surface area (Å²) in [5, 5.41) is 6.39. The number of rotatable bonds is 3. The van der Waals surface area contributed by atoms with Crippen LogP contribution in [-0.4, -0.2) is 12.0 Å². The Morgan fingerprint density at radius 3 is 2.67 bits per heavy atom. The molecule has 2 aromatic carbocycles. The molecule has 1 unspecified atom stereocenters. The Labute approximate surface area is 137 Å². The third-order valence-electron chi connectivity index (χ3n) is 3.57. The molecular weight excluding hydrogens is 348 g/mol. The quantitative estimate of drug-likeness (QED) is 0.713. The summed E-state index contributed by atoms with van der Waals surface area (Å²) in [5.74, 6) is 0. The molecule has 0 bridgehead atoms. The van der Waals surface area contributed by atoms with Gasteiger partial charge in [-0.2, -0.15) is 0 Å². The fraction of sp³-hybridized carbons (Fsp3) is 0.118. The van der Waals surface area contributed by atoms with Crippen molar-refractivity contribution < 1.29 is 0 Å². The van der Waals surface area contributed by atoms with Gasteiger partial charge in [-0.05, 0) is 35.7 Å². The summed E-state index contributed by atoms with van der Waals surface area (Å²) in [5.41, 5.74) is 2.17. The summed E-state index contributed by atoms with van der Waals surface area (Å²) < 4.78 is 0.974. The Kier molecular flexibility index (Phi) is 4.24. The highest BCUT2D eigenvalue weighted by Crippen LogP contribution is 2.33. The predicted molar refractivity (Wildman–Crippen MR) is 91.8 cm³/mol. The molecule has 0 amide bonds. The highest BCUT2D eigenvalue weighted by Gasteiger charge is 2.18. The fourth-order valence-corrected chi connectivity index (χ4v) is 3.37. The summed E-state index contributed by atoms with van der Waals surface area (Å²) >= 11 is 9.86. The number of hydrogen-bond donors (Lipinski definition) is 1. The van der Waals surface area contributed by atoms with Gasteiger partial charge in [-0.1, -0.05) is 57.9 Å². The van der Waals surface area contributed by atoms with E-state index in [0.717, 1.165) is 26.0 Å². The number of benzene rings is 2. The van der Waals surface area contributed by atoms with Crippen molar-refractivity contribution >= 4 is 38.3 Å². The fourth-order valence-electron chi connectivity index (χ4n) is 2.58. The van der Waals surface area contributed by atoms with Gasteiger partial charge >= 0.3 is 0 Å². The summed E-state index contributed by atoms with van der Waals surface area (Å²) in [6, 6.07) is 14.2. The number of halogens is 2. The molecule has 106 valence electrons. The second-order valence-corrected chi connectivity index (χ2v) is 6.16. The topological polar surface area (TPSA) is 24.9 Å². The van der Waals surface area contributed by atoms with Gasteiger partial charge in [0.1, 0.15) is 0 Å². The van der Waals surface area contributed by atoms with Crippen molar-refractivity contribution in [1.29, 1.82) is 0 Å². The first-order valence-electron chi connectivity index (χ1n) is 6.65. The minimum absolute atomic E-state index is 0.00389. The number of nitrogens with one attached hydrogen (secondary N) is 1. The van der Waals surface area contributed by atoms with Crippen molar-refractivity contribution in [2.75, 3.05) is 7.05 Å². The normalized spacial score (nSPS) is 12.5. The second-order valence-electron chi connectivity index (χ2n) is 4.84. The minimum atomic E-state index is 0.00389. The Balaban J connectivity index is 2.18. The third-order valence-corrected chi connectivity index (χ3v) is 4.39. The molecule has 1 heterocycles. The molecule has 0 aliphatic carbocycles. The molecule has 1 atom stereocenters. The van der Waals surface area contributed by atoms with E-state index in [0.29, 0.717) is 0 Å². The first-order chi connectivity index (χ1) is 10.2. The average Bonchev–Trinajstić information content (AvgIpc) is 2.50. The Bertz CT molecular complexity index is 783. The summed E-state index contributed by atoms with van der Waals surface area (Å²) in [4.78, 5) is 4.36. The zero-order chi connectivity index (χ0) is 14.8. The number of fused-ring (bicyclic) bond motifs is 1. The SMILES string of the molecule is CNC(c1ccc(Br)cc1Cl)c1cncc2ccccc12. The summed E-state index contributed by atoms with van der Waals surface area (Å²) in [6.45, 7) is 0. The Morgan fingerprint density at radius 1 is 1.10 bits per heavy atom. The van der Waals surface area contributed by atoms with Crippen molar-refractivity contribution in [3.8, 4) is 0 Å². The number of pyridine rings is 1. The van der Waals surface area contributed by atoms with Crippen molar-refractivity contribution in [3.63, 3.8) is 0 Å². The van der Waals surface area contributed by atoms with Crippen LogP contribution in [-0.2, 0) is 0 Å². The summed E-state index contributed by atoms with van der Waals surface area (Å²) in [6.07, 6.45) is 3.79. The zero-order valence-electron chi connectivity index (χ0n) is 11.5. The lowest BCUT2D eigenvalue weighted by Gasteiger charge is -2.20. The lowest BCUT2D eigenvalue weighted by molar-refractivity contribution is 0.694. The van der Waals surface area contributed by atoms with Gasteiger partial charge < -0.3 is 5.32 Å². The molecule has 0 saturated heterocycles. The molecule has 0 saturated carbocycles. The largest absolute Gasteiger partial charge is 0.309 e. The van der Waals surface area contributed by atoms with E-state index in [1.54, 1.807) is 0 Å². The van der Waals surface area contributed by atoms with Gasteiger partial charge in [0.05, 0.1) is 6.04 Å². The van der Waals surface area contributed by atoms with Crippen molar-refractivity contribution in [2.45, 2.75) is 6.04 Å². The van der Waals surface area contributed by atoms with E-state index >= 15 is 0 Å². The molecule has 4 heteroatoms. The van der Waals surface area contributed by atoms with Crippen LogP contribution in [0.2, 0.25) is 5.02 Å². The first kappa shape index (κ1) is 14.5. The number of nitrogens with zero attached hydrogens (tertiary/aromatic N) is 1. The van der Waals surface area contributed by atoms with Gasteiger partial charge in [0.25, 0.3) is 0 Å². The van der Waals surface area contributed by atoms with Crippen LogP contribution in [0, 0.1) is 0 Å². The predicted octanol–water partition coefficient (Wildman–Crippen LogP) is 4.96. The lowest BCUT2D eigenvalue weighted by Crippen LogP contribution is -2.18. The average molecular weight is 362 g/mol. The molecule has 0 aliphatic rings. The van der Waals surface area contributed by atoms with Crippen LogP contribution in [0.1, 0.15) is 17.2 Å². The standard InChI is InChI=1S/C17H14BrClN2/c1-20-17(14-7-6-12(18)8-16(14)19)15-10-21-9-11-4-2-3-5-13(11)15/h2-10,17,20H,1H3. The molecule has 2 nitrogen and oxygen atoms in total. The van der Waals surface area contributed by atoms with Gasteiger partial charge in [0, 0.05) is 27.3 Å². The minimum Gasteiger partial charge on any atom is -0.309 e. The highest BCUT2D eigenvalue weighted by molar-refractivity contribution is 9.10. The van der Waals surface area contributed by atoms with Gasteiger partial charge in [-0.25, -0.2) is 0 Å². The van der Waals surface area contributed by atoms with Crippen LogP contribution in [0.3, 0.4) is 0 Å². The Morgan fingerprint density at radius 2 is 1.90 bits per heavy atom. The molecule has 3 rings (SSSR count). The molecule has 0 aliphatic heterocycles. The van der Waals surface area contributed by atoms with Crippen LogP contribution in [0.4, 0.5) is 0 Å². The maximum atomic E-state index is 6.41. The molecule has 1 aromatic heterocycles. The van der Waals surface area contributed by atoms with Crippen LogP contribution in [0.15, 0.2) is 59.3 Å². The van der Waals surface area contributed by atoms with E-state index in [1.807, 2.05) is 49.8 Å². The third kappa shape index (κ3) is 2.82. The molecule has 0 radical (unpaired) electrons. The van der Waals surface area contributed by atoms with Gasteiger partial charge in [-0.3, -0.25) is 4.98 Å². The smallest absolute Gasteiger partial charge is 0.0610 e. The number of aromatic nitrogens is 1. The van der Waals surface area contributed by atoms with E-state index in [4.69, 9.17) is 11.6 Å². The van der Waals surface area contributed by atoms with Crippen molar-refractivity contribution in [3.05, 3.63) is 75.5 Å². The Hall–Kier alpha value is -1.42.